The number of ether oxygens (including phenoxy) is 2. The topological polar surface area (TPSA) is 33.7 Å². The fourth-order valence-electron chi connectivity index (χ4n) is 1.77. The molecule has 0 heterocycles. The summed E-state index contributed by atoms with van der Waals surface area (Å²) in [4.78, 5) is 2.15. The molecule has 0 unspecified atom stereocenters. The van der Waals surface area contributed by atoms with Crippen molar-refractivity contribution in [2.75, 3.05) is 41.4 Å². The van der Waals surface area contributed by atoms with Crippen molar-refractivity contribution in [1.82, 2.24) is 10.2 Å². The summed E-state index contributed by atoms with van der Waals surface area (Å²) in [5.41, 5.74) is 1.13. The quantitative estimate of drug-likeness (QED) is 0.715. The molecule has 0 fully saturated rings. The van der Waals surface area contributed by atoms with Gasteiger partial charge in [0.25, 0.3) is 0 Å². The highest BCUT2D eigenvalue weighted by Gasteiger charge is 2.09. The molecule has 0 aromatic heterocycles. The zero-order valence-electron chi connectivity index (χ0n) is 11.8. The van der Waals surface area contributed by atoms with Crippen molar-refractivity contribution >= 4 is 0 Å². The molecule has 1 rings (SSSR count). The Kier molecular flexibility index (Phi) is 6.54. The predicted molar refractivity (Wildman–Crippen MR) is 74.4 cm³/mol. The summed E-state index contributed by atoms with van der Waals surface area (Å²) >= 11 is 0. The van der Waals surface area contributed by atoms with Crippen LogP contribution in [0.15, 0.2) is 18.2 Å². The second kappa shape index (κ2) is 7.95. The molecule has 4 nitrogen and oxygen atoms in total. The average molecular weight is 252 g/mol. The molecule has 18 heavy (non-hydrogen) atoms. The van der Waals surface area contributed by atoms with E-state index in [1.165, 1.54) is 0 Å². The molecule has 0 spiro atoms. The zero-order chi connectivity index (χ0) is 13.4. The van der Waals surface area contributed by atoms with E-state index < -0.39 is 0 Å². The van der Waals surface area contributed by atoms with Gasteiger partial charge in [-0.15, -0.1) is 0 Å². The van der Waals surface area contributed by atoms with Crippen LogP contribution in [0, 0.1) is 0 Å². The third-order valence-corrected chi connectivity index (χ3v) is 2.64. The standard InChI is InChI=1S/C14H24N2O2/c1-15-11-12-7-5-8-13(17-4)14(12)18-10-6-9-16(2)3/h5,7-8,15H,6,9-11H2,1-4H3. The fourth-order valence-corrected chi connectivity index (χ4v) is 1.77. The molecule has 0 saturated heterocycles. The van der Waals surface area contributed by atoms with Gasteiger partial charge in [-0.05, 0) is 33.6 Å². The number of nitrogens with one attached hydrogen (secondary N) is 1. The highest BCUT2D eigenvalue weighted by Crippen LogP contribution is 2.31. The highest BCUT2D eigenvalue weighted by atomic mass is 16.5. The first kappa shape index (κ1) is 14.8. The van der Waals surface area contributed by atoms with E-state index in [2.05, 4.69) is 30.4 Å². The average Bonchev–Trinajstić information content (AvgIpc) is 2.35. The van der Waals surface area contributed by atoms with Gasteiger partial charge in [0.1, 0.15) is 0 Å². The Bertz CT molecular complexity index is 354. The van der Waals surface area contributed by atoms with Crippen molar-refractivity contribution in [3.63, 3.8) is 0 Å². The molecular formula is C14H24N2O2. The minimum Gasteiger partial charge on any atom is -0.493 e. The van der Waals surface area contributed by atoms with Gasteiger partial charge in [-0.2, -0.15) is 0 Å². The number of benzene rings is 1. The summed E-state index contributed by atoms with van der Waals surface area (Å²) in [6, 6.07) is 5.97. The summed E-state index contributed by atoms with van der Waals surface area (Å²) in [7, 11) is 7.73. The van der Waals surface area contributed by atoms with Crippen LogP contribution in [-0.4, -0.2) is 46.3 Å². The van der Waals surface area contributed by atoms with Crippen LogP contribution >= 0.6 is 0 Å². The lowest BCUT2D eigenvalue weighted by molar-refractivity contribution is 0.265. The summed E-state index contributed by atoms with van der Waals surface area (Å²) < 4.78 is 11.2. The third-order valence-electron chi connectivity index (χ3n) is 2.64. The second-order valence-electron chi connectivity index (χ2n) is 4.48. The predicted octanol–water partition coefficient (Wildman–Crippen LogP) is 1.75. The first-order valence-electron chi connectivity index (χ1n) is 6.27. The lowest BCUT2D eigenvalue weighted by Gasteiger charge is -2.16. The number of nitrogens with zero attached hydrogens (tertiary/aromatic N) is 1. The van der Waals surface area contributed by atoms with E-state index in [1.54, 1.807) is 7.11 Å². The van der Waals surface area contributed by atoms with Crippen molar-refractivity contribution in [1.29, 1.82) is 0 Å². The zero-order valence-corrected chi connectivity index (χ0v) is 11.8. The normalized spacial score (nSPS) is 10.7. The monoisotopic (exact) mass is 252 g/mol. The molecule has 0 aliphatic carbocycles. The molecule has 0 saturated carbocycles. The number of rotatable bonds is 8. The smallest absolute Gasteiger partial charge is 0.165 e. The van der Waals surface area contributed by atoms with Crippen molar-refractivity contribution in [2.24, 2.45) is 0 Å². The Morgan fingerprint density at radius 2 is 2.06 bits per heavy atom. The van der Waals surface area contributed by atoms with Crippen LogP contribution in [0.1, 0.15) is 12.0 Å². The number of methoxy groups -OCH3 is 1. The first-order valence-corrected chi connectivity index (χ1v) is 6.27. The molecule has 0 amide bonds. The molecule has 1 N–H and O–H groups in total. The summed E-state index contributed by atoms with van der Waals surface area (Å²) in [6.07, 6.45) is 1.00. The Morgan fingerprint density at radius 3 is 2.67 bits per heavy atom. The van der Waals surface area contributed by atoms with Crippen LogP contribution < -0.4 is 14.8 Å². The number of hydrogen-bond donors (Lipinski definition) is 1. The van der Waals surface area contributed by atoms with E-state index in [9.17, 15) is 0 Å². The van der Waals surface area contributed by atoms with Gasteiger partial charge in [-0.3, -0.25) is 0 Å². The van der Waals surface area contributed by atoms with E-state index in [-0.39, 0.29) is 0 Å². The van der Waals surface area contributed by atoms with Gasteiger partial charge in [0, 0.05) is 18.7 Å². The van der Waals surface area contributed by atoms with Crippen molar-refractivity contribution < 1.29 is 9.47 Å². The third kappa shape index (κ3) is 4.55. The SMILES string of the molecule is CNCc1cccc(OC)c1OCCCN(C)C. The number of hydrogen-bond acceptors (Lipinski definition) is 4. The lowest BCUT2D eigenvalue weighted by Crippen LogP contribution is -2.16. The van der Waals surface area contributed by atoms with Gasteiger partial charge >= 0.3 is 0 Å². The van der Waals surface area contributed by atoms with Gasteiger partial charge in [0.05, 0.1) is 13.7 Å². The van der Waals surface area contributed by atoms with E-state index in [0.717, 1.165) is 36.6 Å². The molecule has 0 radical (unpaired) electrons. The van der Waals surface area contributed by atoms with Crippen LogP contribution in [0.3, 0.4) is 0 Å². The Balaban J connectivity index is 2.65. The van der Waals surface area contributed by atoms with E-state index >= 15 is 0 Å². The minimum absolute atomic E-state index is 0.704. The Morgan fingerprint density at radius 1 is 1.28 bits per heavy atom. The molecule has 1 aromatic carbocycles. The van der Waals surface area contributed by atoms with Crippen molar-refractivity contribution in [2.45, 2.75) is 13.0 Å². The van der Waals surface area contributed by atoms with Gasteiger partial charge in [0.2, 0.25) is 0 Å². The molecular weight excluding hydrogens is 228 g/mol. The van der Waals surface area contributed by atoms with Gasteiger partial charge < -0.3 is 19.7 Å². The van der Waals surface area contributed by atoms with Crippen molar-refractivity contribution in [3.05, 3.63) is 23.8 Å². The van der Waals surface area contributed by atoms with Gasteiger partial charge in [-0.1, -0.05) is 12.1 Å². The maximum atomic E-state index is 5.87. The molecule has 1 aromatic rings. The second-order valence-corrected chi connectivity index (χ2v) is 4.48. The van der Waals surface area contributed by atoms with E-state index in [1.807, 2.05) is 19.2 Å². The molecule has 4 heteroatoms. The highest BCUT2D eigenvalue weighted by molar-refractivity contribution is 5.46. The Labute approximate surface area is 110 Å². The lowest BCUT2D eigenvalue weighted by atomic mass is 10.2. The largest absolute Gasteiger partial charge is 0.493 e. The summed E-state index contributed by atoms with van der Waals surface area (Å²) in [6.45, 7) is 2.51. The summed E-state index contributed by atoms with van der Waals surface area (Å²) in [5, 5.41) is 3.14. The maximum Gasteiger partial charge on any atom is 0.165 e. The van der Waals surface area contributed by atoms with Gasteiger partial charge in [-0.25, -0.2) is 0 Å². The molecule has 0 bridgehead atoms. The van der Waals surface area contributed by atoms with E-state index in [0.29, 0.717) is 6.61 Å². The maximum absolute atomic E-state index is 5.87. The van der Waals surface area contributed by atoms with Crippen LogP contribution in [0.5, 0.6) is 11.5 Å². The molecule has 0 aliphatic heterocycles. The molecule has 0 atom stereocenters. The minimum atomic E-state index is 0.704. The molecule has 102 valence electrons. The number of para-hydroxylation sites is 1. The van der Waals surface area contributed by atoms with Gasteiger partial charge in [0.15, 0.2) is 11.5 Å². The summed E-state index contributed by atoms with van der Waals surface area (Å²) in [5.74, 6) is 1.65. The fraction of sp³-hybridized carbons (Fsp3) is 0.571. The van der Waals surface area contributed by atoms with Crippen LogP contribution in [0.4, 0.5) is 0 Å². The Hall–Kier alpha value is -1.26. The first-order chi connectivity index (χ1) is 8.69. The van der Waals surface area contributed by atoms with Crippen LogP contribution in [0.25, 0.3) is 0 Å². The molecule has 0 aliphatic rings. The van der Waals surface area contributed by atoms with E-state index in [4.69, 9.17) is 9.47 Å². The van der Waals surface area contributed by atoms with Crippen LogP contribution in [0.2, 0.25) is 0 Å². The van der Waals surface area contributed by atoms with Crippen LogP contribution in [-0.2, 0) is 6.54 Å². The van der Waals surface area contributed by atoms with Crippen molar-refractivity contribution in [3.8, 4) is 11.5 Å².